The van der Waals surface area contributed by atoms with Crippen molar-refractivity contribution in [2.45, 2.75) is 37.8 Å². The van der Waals surface area contributed by atoms with Crippen molar-refractivity contribution in [1.29, 1.82) is 0 Å². The number of carbonyl (C=O) groups is 2. The highest BCUT2D eigenvalue weighted by molar-refractivity contribution is 6.32. The van der Waals surface area contributed by atoms with Gasteiger partial charge in [-0.3, -0.25) is 9.59 Å². The minimum absolute atomic E-state index is 0.00271. The third-order valence-electron chi connectivity index (χ3n) is 4.90. The first kappa shape index (κ1) is 20.9. The van der Waals surface area contributed by atoms with E-state index < -0.39 is 11.7 Å². The van der Waals surface area contributed by atoms with E-state index in [0.29, 0.717) is 31.4 Å². The molecule has 29 heavy (non-hydrogen) atoms. The number of hydrogen-bond acceptors (Lipinski definition) is 5. The highest BCUT2D eigenvalue weighted by Gasteiger charge is 2.25. The predicted molar refractivity (Wildman–Crippen MR) is 105 cm³/mol. The second-order valence-corrected chi connectivity index (χ2v) is 7.23. The molecule has 0 spiro atoms. The Morgan fingerprint density at radius 2 is 1.69 bits per heavy atom. The largest absolute Gasteiger partial charge is 0.507 e. The summed E-state index contributed by atoms with van der Waals surface area (Å²) in [5.41, 5.74) is 0.173. The Hall–Kier alpha value is -2.87. The van der Waals surface area contributed by atoms with E-state index in [1.165, 1.54) is 19.2 Å². The van der Waals surface area contributed by atoms with Crippen LogP contribution in [0.1, 0.15) is 46.4 Å². The van der Waals surface area contributed by atoms with E-state index in [1.807, 2.05) is 0 Å². The summed E-state index contributed by atoms with van der Waals surface area (Å²) in [6.07, 6.45) is 3.55. The Morgan fingerprint density at radius 1 is 1.10 bits per heavy atom. The number of amides is 2. The molecule has 1 aromatic heterocycles. The lowest BCUT2D eigenvalue weighted by molar-refractivity contribution is 0.0890. The second-order valence-electron chi connectivity index (χ2n) is 6.87. The summed E-state index contributed by atoms with van der Waals surface area (Å²) in [7, 11) is 1.48. The fraction of sp³-hybridized carbons (Fsp3) is 0.350. The quantitative estimate of drug-likeness (QED) is 0.644. The van der Waals surface area contributed by atoms with Gasteiger partial charge in [0.15, 0.2) is 0 Å². The van der Waals surface area contributed by atoms with Crippen molar-refractivity contribution >= 4 is 23.4 Å². The van der Waals surface area contributed by atoms with Gasteiger partial charge in [-0.2, -0.15) is 0 Å². The van der Waals surface area contributed by atoms with Gasteiger partial charge in [-0.05, 0) is 43.9 Å². The van der Waals surface area contributed by atoms with Crippen LogP contribution in [-0.2, 0) is 0 Å². The SMILES string of the molecule is COc1ccc(C(=O)N[C@H]2CC[C@@H](NC(=O)c3cc(F)cnc3Cl)CC2)c(O)c1. The van der Waals surface area contributed by atoms with E-state index in [9.17, 15) is 19.1 Å². The average molecular weight is 422 g/mol. The molecule has 0 unspecified atom stereocenters. The smallest absolute Gasteiger partial charge is 0.255 e. The minimum Gasteiger partial charge on any atom is -0.507 e. The van der Waals surface area contributed by atoms with Crippen LogP contribution in [0.3, 0.4) is 0 Å². The fourth-order valence-corrected chi connectivity index (χ4v) is 3.51. The zero-order chi connectivity index (χ0) is 21.0. The molecule has 0 saturated heterocycles. The second kappa shape index (κ2) is 9.09. The Kier molecular flexibility index (Phi) is 6.53. The molecular formula is C20H21ClFN3O4. The van der Waals surface area contributed by atoms with Gasteiger partial charge in [0.1, 0.15) is 22.5 Å². The van der Waals surface area contributed by atoms with Gasteiger partial charge in [0, 0.05) is 18.2 Å². The highest BCUT2D eigenvalue weighted by Crippen LogP contribution is 2.25. The molecule has 1 saturated carbocycles. The molecule has 1 fully saturated rings. The van der Waals surface area contributed by atoms with Crippen molar-refractivity contribution in [2.24, 2.45) is 0 Å². The summed E-state index contributed by atoms with van der Waals surface area (Å²) in [4.78, 5) is 28.4. The van der Waals surface area contributed by atoms with Crippen molar-refractivity contribution in [3.05, 3.63) is 52.6 Å². The van der Waals surface area contributed by atoms with Crippen molar-refractivity contribution in [3.63, 3.8) is 0 Å². The third kappa shape index (κ3) is 5.14. The standard InChI is InChI=1S/C20H21ClFN3O4/c1-29-14-6-7-15(17(26)9-14)19(27)24-12-2-4-13(5-3-12)25-20(28)16-8-11(22)10-23-18(16)21/h6-10,12-13,26H,2-5H2,1H3,(H,24,27)(H,25,28)/t12-,13+. The third-order valence-corrected chi connectivity index (χ3v) is 5.20. The molecule has 7 nitrogen and oxygen atoms in total. The lowest BCUT2D eigenvalue weighted by Crippen LogP contribution is -2.43. The Labute approximate surface area is 172 Å². The number of carbonyl (C=O) groups excluding carboxylic acids is 2. The van der Waals surface area contributed by atoms with Crippen LogP contribution in [0.15, 0.2) is 30.5 Å². The molecule has 0 radical (unpaired) electrons. The lowest BCUT2D eigenvalue weighted by atomic mass is 9.90. The van der Waals surface area contributed by atoms with Gasteiger partial charge in [0.25, 0.3) is 11.8 Å². The number of hydrogen-bond donors (Lipinski definition) is 3. The van der Waals surface area contributed by atoms with E-state index >= 15 is 0 Å². The molecule has 1 aliphatic rings. The van der Waals surface area contributed by atoms with Crippen molar-refractivity contribution in [2.75, 3.05) is 7.11 Å². The maximum atomic E-state index is 13.3. The summed E-state index contributed by atoms with van der Waals surface area (Å²) in [6, 6.07) is 5.37. The zero-order valence-corrected chi connectivity index (χ0v) is 16.5. The molecule has 3 rings (SSSR count). The molecule has 3 N–H and O–H groups in total. The minimum atomic E-state index is -0.632. The first-order valence-electron chi connectivity index (χ1n) is 9.17. The summed E-state index contributed by atoms with van der Waals surface area (Å²) in [5, 5.41) is 15.7. The zero-order valence-electron chi connectivity index (χ0n) is 15.7. The van der Waals surface area contributed by atoms with Crippen LogP contribution in [-0.4, -0.2) is 41.1 Å². The number of halogens is 2. The molecule has 0 atom stereocenters. The van der Waals surface area contributed by atoms with Crippen LogP contribution in [0.4, 0.5) is 4.39 Å². The summed E-state index contributed by atoms with van der Waals surface area (Å²) >= 11 is 5.86. The van der Waals surface area contributed by atoms with Crippen molar-refractivity contribution in [3.8, 4) is 11.5 Å². The van der Waals surface area contributed by atoms with E-state index in [1.54, 1.807) is 6.07 Å². The van der Waals surface area contributed by atoms with Gasteiger partial charge >= 0.3 is 0 Å². The molecular weight excluding hydrogens is 401 g/mol. The van der Waals surface area contributed by atoms with Crippen molar-refractivity contribution < 1.29 is 23.8 Å². The Bertz CT molecular complexity index is 917. The molecule has 154 valence electrons. The van der Waals surface area contributed by atoms with Crippen LogP contribution >= 0.6 is 11.6 Å². The van der Waals surface area contributed by atoms with E-state index in [2.05, 4.69) is 15.6 Å². The van der Waals surface area contributed by atoms with Crippen LogP contribution in [0.5, 0.6) is 11.5 Å². The number of methoxy groups -OCH3 is 1. The number of ether oxygens (including phenoxy) is 1. The van der Waals surface area contributed by atoms with Gasteiger partial charge in [-0.25, -0.2) is 9.37 Å². The molecule has 2 amide bonds. The maximum Gasteiger partial charge on any atom is 0.255 e. The molecule has 1 aromatic carbocycles. The monoisotopic (exact) mass is 421 g/mol. The number of phenolic OH excluding ortho intramolecular Hbond substituents is 1. The van der Waals surface area contributed by atoms with Gasteiger partial charge in [-0.15, -0.1) is 0 Å². The van der Waals surface area contributed by atoms with E-state index in [-0.39, 0.29) is 40.0 Å². The number of rotatable bonds is 5. The van der Waals surface area contributed by atoms with Gasteiger partial charge in [0.2, 0.25) is 0 Å². The van der Waals surface area contributed by atoms with E-state index in [0.717, 1.165) is 12.3 Å². The number of nitrogens with zero attached hydrogens (tertiary/aromatic N) is 1. The molecule has 2 aromatic rings. The number of aromatic hydroxyl groups is 1. The van der Waals surface area contributed by atoms with Gasteiger partial charge < -0.3 is 20.5 Å². The number of benzene rings is 1. The highest BCUT2D eigenvalue weighted by atomic mass is 35.5. The normalized spacial score (nSPS) is 18.7. The fourth-order valence-electron chi connectivity index (χ4n) is 3.32. The molecule has 1 aliphatic carbocycles. The number of pyridine rings is 1. The average Bonchev–Trinajstić information content (AvgIpc) is 2.70. The van der Waals surface area contributed by atoms with E-state index in [4.69, 9.17) is 16.3 Å². The van der Waals surface area contributed by atoms with Gasteiger partial charge in [0.05, 0.1) is 24.4 Å². The van der Waals surface area contributed by atoms with Gasteiger partial charge in [-0.1, -0.05) is 11.6 Å². The predicted octanol–water partition coefficient (Wildman–Crippen LogP) is 3.06. The summed E-state index contributed by atoms with van der Waals surface area (Å²) < 4.78 is 18.3. The van der Waals surface area contributed by atoms with Crippen molar-refractivity contribution in [1.82, 2.24) is 15.6 Å². The van der Waals surface area contributed by atoms with Crippen LogP contribution < -0.4 is 15.4 Å². The van der Waals surface area contributed by atoms with Crippen LogP contribution in [0.2, 0.25) is 5.15 Å². The van der Waals surface area contributed by atoms with Crippen LogP contribution in [0, 0.1) is 5.82 Å². The van der Waals surface area contributed by atoms with Crippen LogP contribution in [0.25, 0.3) is 0 Å². The number of aromatic nitrogens is 1. The molecule has 0 aliphatic heterocycles. The summed E-state index contributed by atoms with van der Waals surface area (Å²) in [6.45, 7) is 0. The molecule has 1 heterocycles. The summed E-state index contributed by atoms with van der Waals surface area (Å²) in [5.74, 6) is -1.16. The first-order chi connectivity index (χ1) is 13.9. The number of phenols is 1. The Balaban J connectivity index is 1.52. The lowest BCUT2D eigenvalue weighted by Gasteiger charge is -2.29. The number of nitrogens with one attached hydrogen (secondary N) is 2. The Morgan fingerprint density at radius 3 is 2.24 bits per heavy atom. The maximum absolute atomic E-state index is 13.3. The first-order valence-corrected chi connectivity index (χ1v) is 9.55. The molecule has 9 heteroatoms. The molecule has 0 bridgehead atoms. The topological polar surface area (TPSA) is 101 Å².